The van der Waals surface area contributed by atoms with Crippen molar-refractivity contribution in [2.45, 2.75) is 12.0 Å². The summed E-state index contributed by atoms with van der Waals surface area (Å²) in [6.07, 6.45) is 0.599. The molecular weight excluding hydrogens is 248 g/mol. The molecule has 0 radical (unpaired) electrons. The number of hydrogen-bond acceptors (Lipinski definition) is 5. The number of carbonyl (C=O) groups is 1. The molecular formula is C13H18N2O4. The van der Waals surface area contributed by atoms with Crippen LogP contribution in [0.5, 0.6) is 11.5 Å². The first-order chi connectivity index (χ1) is 9.04. The van der Waals surface area contributed by atoms with Gasteiger partial charge in [-0.15, -0.1) is 0 Å². The van der Waals surface area contributed by atoms with Crippen molar-refractivity contribution >= 4 is 5.91 Å². The quantitative estimate of drug-likeness (QED) is 0.609. The molecule has 1 unspecified atom stereocenters. The maximum absolute atomic E-state index is 11.9. The average Bonchev–Trinajstić information content (AvgIpc) is 2.83. The van der Waals surface area contributed by atoms with Crippen molar-refractivity contribution in [3.05, 3.63) is 23.8 Å². The van der Waals surface area contributed by atoms with E-state index in [1.165, 1.54) is 19.2 Å². The van der Waals surface area contributed by atoms with Gasteiger partial charge >= 0.3 is 0 Å². The lowest BCUT2D eigenvalue weighted by Gasteiger charge is -2.21. The van der Waals surface area contributed by atoms with Crippen molar-refractivity contribution in [1.82, 2.24) is 10.6 Å². The molecule has 2 rings (SSSR count). The van der Waals surface area contributed by atoms with Crippen LogP contribution in [0.3, 0.4) is 0 Å². The van der Waals surface area contributed by atoms with Crippen molar-refractivity contribution < 1.29 is 19.7 Å². The van der Waals surface area contributed by atoms with Crippen LogP contribution in [0.2, 0.25) is 0 Å². The van der Waals surface area contributed by atoms with Gasteiger partial charge in [0.25, 0.3) is 5.91 Å². The molecule has 0 spiro atoms. The topological polar surface area (TPSA) is 90.8 Å². The lowest BCUT2D eigenvalue weighted by atomic mass is 10.0. The zero-order valence-corrected chi connectivity index (χ0v) is 10.8. The zero-order valence-electron chi connectivity index (χ0n) is 10.8. The molecule has 1 atom stereocenters. The van der Waals surface area contributed by atoms with Crippen LogP contribution in [0, 0.1) is 0 Å². The van der Waals surface area contributed by atoms with Gasteiger partial charge in [0.1, 0.15) is 11.5 Å². The molecule has 6 heteroatoms. The Balaban J connectivity index is 2.00. The summed E-state index contributed by atoms with van der Waals surface area (Å²) in [6.45, 7) is 1.35. The van der Waals surface area contributed by atoms with E-state index in [1.54, 1.807) is 6.07 Å². The fourth-order valence-corrected chi connectivity index (χ4v) is 2.05. The number of nitrogens with one attached hydrogen (secondary N) is 2. The van der Waals surface area contributed by atoms with E-state index in [9.17, 15) is 15.0 Å². The van der Waals surface area contributed by atoms with Crippen molar-refractivity contribution in [3.8, 4) is 11.5 Å². The molecule has 1 amide bonds. The van der Waals surface area contributed by atoms with E-state index in [2.05, 4.69) is 10.6 Å². The van der Waals surface area contributed by atoms with Crippen molar-refractivity contribution in [2.24, 2.45) is 0 Å². The van der Waals surface area contributed by atoms with E-state index in [4.69, 9.17) is 4.74 Å². The summed E-state index contributed by atoms with van der Waals surface area (Å²) in [4.78, 5) is 11.9. The minimum Gasteiger partial charge on any atom is -0.507 e. The van der Waals surface area contributed by atoms with E-state index < -0.39 is 11.5 Å². The lowest BCUT2D eigenvalue weighted by molar-refractivity contribution is 0.0561. The van der Waals surface area contributed by atoms with Gasteiger partial charge in [-0.2, -0.15) is 0 Å². The molecule has 1 aromatic rings. The van der Waals surface area contributed by atoms with Gasteiger partial charge in [0.2, 0.25) is 0 Å². The Morgan fingerprint density at radius 2 is 2.37 bits per heavy atom. The largest absolute Gasteiger partial charge is 0.507 e. The number of phenols is 1. The van der Waals surface area contributed by atoms with E-state index in [1.807, 2.05) is 0 Å². The Bertz CT molecular complexity index is 470. The number of hydrogen-bond donors (Lipinski definition) is 4. The smallest absolute Gasteiger partial charge is 0.255 e. The van der Waals surface area contributed by atoms with Crippen molar-refractivity contribution in [2.75, 3.05) is 26.7 Å². The predicted octanol–water partition coefficient (Wildman–Crippen LogP) is -0.145. The average molecular weight is 266 g/mol. The number of aliphatic hydroxyl groups is 1. The minimum absolute atomic E-state index is 0.145. The van der Waals surface area contributed by atoms with Crippen LogP contribution in [0.4, 0.5) is 0 Å². The molecule has 0 saturated carbocycles. The second kappa shape index (κ2) is 5.46. The van der Waals surface area contributed by atoms with Crippen LogP contribution in [0.15, 0.2) is 18.2 Å². The fraction of sp³-hybridized carbons (Fsp3) is 0.462. The summed E-state index contributed by atoms with van der Waals surface area (Å²) in [5.41, 5.74) is -0.743. The molecule has 1 aliphatic rings. The molecule has 0 aromatic heterocycles. The number of ether oxygens (including phenoxy) is 1. The summed E-state index contributed by atoms with van der Waals surface area (Å²) in [5.74, 6) is -0.0819. The maximum atomic E-state index is 11.9. The van der Waals surface area contributed by atoms with Gasteiger partial charge in [0.05, 0.1) is 18.3 Å². The Hall–Kier alpha value is -1.79. The van der Waals surface area contributed by atoms with Crippen LogP contribution in [-0.4, -0.2) is 48.5 Å². The fourth-order valence-electron chi connectivity index (χ4n) is 2.05. The minimum atomic E-state index is -0.905. The Morgan fingerprint density at radius 3 is 2.95 bits per heavy atom. The number of methoxy groups -OCH3 is 1. The van der Waals surface area contributed by atoms with Crippen molar-refractivity contribution in [3.63, 3.8) is 0 Å². The van der Waals surface area contributed by atoms with Gasteiger partial charge in [-0.05, 0) is 25.1 Å². The van der Waals surface area contributed by atoms with Crippen LogP contribution >= 0.6 is 0 Å². The highest BCUT2D eigenvalue weighted by Crippen LogP contribution is 2.23. The lowest BCUT2D eigenvalue weighted by Crippen LogP contribution is -2.44. The molecule has 1 aliphatic heterocycles. The second-order valence-corrected chi connectivity index (χ2v) is 4.72. The van der Waals surface area contributed by atoms with Gasteiger partial charge < -0.3 is 25.6 Å². The highest BCUT2D eigenvalue weighted by molar-refractivity contribution is 5.97. The number of amides is 1. The summed E-state index contributed by atoms with van der Waals surface area (Å²) in [7, 11) is 1.48. The highest BCUT2D eigenvalue weighted by atomic mass is 16.5. The normalized spacial score (nSPS) is 22.2. The monoisotopic (exact) mass is 266 g/mol. The van der Waals surface area contributed by atoms with E-state index in [-0.39, 0.29) is 17.9 Å². The van der Waals surface area contributed by atoms with Crippen LogP contribution < -0.4 is 15.4 Å². The number of rotatable bonds is 4. The third-order valence-corrected chi connectivity index (χ3v) is 3.25. The first-order valence-electron chi connectivity index (χ1n) is 6.12. The van der Waals surface area contributed by atoms with E-state index in [0.29, 0.717) is 18.7 Å². The van der Waals surface area contributed by atoms with Gasteiger partial charge in [0, 0.05) is 19.2 Å². The Morgan fingerprint density at radius 1 is 1.58 bits per heavy atom. The Labute approximate surface area is 111 Å². The first kappa shape index (κ1) is 13.6. The molecule has 4 N–H and O–H groups in total. The molecule has 0 bridgehead atoms. The summed E-state index contributed by atoms with van der Waals surface area (Å²) >= 11 is 0. The van der Waals surface area contributed by atoms with E-state index in [0.717, 1.165) is 6.54 Å². The Kier molecular flexibility index (Phi) is 3.92. The van der Waals surface area contributed by atoms with Crippen molar-refractivity contribution in [1.29, 1.82) is 0 Å². The van der Waals surface area contributed by atoms with Gasteiger partial charge in [-0.3, -0.25) is 4.79 Å². The molecule has 1 heterocycles. The number of benzene rings is 1. The van der Waals surface area contributed by atoms with Gasteiger partial charge in [-0.1, -0.05) is 0 Å². The standard InChI is InChI=1S/C13H18N2O4/c1-19-9-2-3-10(11(16)6-9)12(17)15-8-13(18)4-5-14-7-13/h2-3,6,14,16,18H,4-5,7-8H2,1H3,(H,15,17). The maximum Gasteiger partial charge on any atom is 0.255 e. The number of phenolic OH excluding ortho intramolecular Hbond substituents is 1. The van der Waals surface area contributed by atoms with Crippen LogP contribution in [-0.2, 0) is 0 Å². The van der Waals surface area contributed by atoms with Crippen LogP contribution in [0.1, 0.15) is 16.8 Å². The highest BCUT2D eigenvalue weighted by Gasteiger charge is 2.31. The third kappa shape index (κ3) is 3.15. The first-order valence-corrected chi connectivity index (χ1v) is 6.12. The van der Waals surface area contributed by atoms with E-state index >= 15 is 0 Å². The summed E-state index contributed by atoms with van der Waals surface area (Å²) in [6, 6.07) is 4.46. The molecule has 19 heavy (non-hydrogen) atoms. The summed E-state index contributed by atoms with van der Waals surface area (Å²) < 4.78 is 4.95. The number of carbonyl (C=O) groups excluding carboxylic acids is 1. The molecule has 1 aromatic carbocycles. The second-order valence-electron chi connectivity index (χ2n) is 4.72. The molecule has 6 nitrogen and oxygen atoms in total. The molecule has 1 fully saturated rings. The van der Waals surface area contributed by atoms with Gasteiger partial charge in [-0.25, -0.2) is 0 Å². The summed E-state index contributed by atoms with van der Waals surface area (Å²) in [5, 5.41) is 25.5. The van der Waals surface area contributed by atoms with Gasteiger partial charge in [0.15, 0.2) is 0 Å². The third-order valence-electron chi connectivity index (χ3n) is 3.25. The zero-order chi connectivity index (χ0) is 13.9. The molecule has 1 saturated heterocycles. The number of aromatic hydroxyl groups is 1. The molecule has 104 valence electrons. The van der Waals surface area contributed by atoms with Crippen LogP contribution in [0.25, 0.3) is 0 Å². The molecule has 0 aliphatic carbocycles. The SMILES string of the molecule is COc1ccc(C(=O)NCC2(O)CCNC2)c(O)c1. The number of β-amino-alcohol motifs (C(OH)–C–C–N with tert-alkyl or cyclic N) is 1. The predicted molar refractivity (Wildman–Crippen MR) is 69.4 cm³/mol.